The van der Waals surface area contributed by atoms with Gasteiger partial charge in [0.05, 0.1) is 24.9 Å². The van der Waals surface area contributed by atoms with Crippen LogP contribution in [0.1, 0.15) is 17.2 Å². The molecule has 0 fully saturated rings. The maximum absolute atomic E-state index is 14.0. The lowest BCUT2D eigenvalue weighted by atomic mass is 9.98. The molecule has 0 aliphatic heterocycles. The highest BCUT2D eigenvalue weighted by Crippen LogP contribution is 2.32. The minimum absolute atomic E-state index is 0.276. The van der Waals surface area contributed by atoms with Crippen LogP contribution in [0.25, 0.3) is 0 Å². The summed E-state index contributed by atoms with van der Waals surface area (Å²) in [6.07, 6.45) is 2.57. The third kappa shape index (κ3) is 2.56. The van der Waals surface area contributed by atoms with Crippen molar-refractivity contribution in [3.05, 3.63) is 59.4 Å². The van der Waals surface area contributed by atoms with E-state index in [0.717, 1.165) is 6.20 Å². The monoisotopic (exact) mass is 264 g/mol. The number of nitrogens with one attached hydrogen (secondary N) is 1. The predicted molar refractivity (Wildman–Crippen MR) is 68.0 cm³/mol. The van der Waals surface area contributed by atoms with Crippen molar-refractivity contribution in [2.45, 2.75) is 6.04 Å². The lowest BCUT2D eigenvalue weighted by molar-refractivity contribution is 0.397. The van der Waals surface area contributed by atoms with Gasteiger partial charge in [-0.05, 0) is 25.2 Å². The molecule has 1 aromatic carbocycles. The molecule has 1 unspecified atom stereocenters. The molecule has 3 nitrogen and oxygen atoms in total. The minimum atomic E-state index is -0.640. The van der Waals surface area contributed by atoms with Crippen molar-refractivity contribution in [2.24, 2.45) is 0 Å². The van der Waals surface area contributed by atoms with Gasteiger partial charge in [-0.3, -0.25) is 4.98 Å². The normalized spacial score (nSPS) is 12.2. The predicted octanol–water partition coefficient (Wildman–Crippen LogP) is 2.68. The zero-order chi connectivity index (χ0) is 13.8. The van der Waals surface area contributed by atoms with Crippen LogP contribution in [0.2, 0.25) is 0 Å². The Morgan fingerprint density at radius 2 is 2.00 bits per heavy atom. The fourth-order valence-corrected chi connectivity index (χ4v) is 2.05. The van der Waals surface area contributed by atoms with Crippen molar-refractivity contribution in [1.82, 2.24) is 10.3 Å². The highest BCUT2D eigenvalue weighted by molar-refractivity contribution is 5.42. The number of halogens is 2. The summed E-state index contributed by atoms with van der Waals surface area (Å²) < 4.78 is 33.0. The van der Waals surface area contributed by atoms with Crippen LogP contribution in [-0.4, -0.2) is 19.1 Å². The van der Waals surface area contributed by atoms with Crippen LogP contribution < -0.4 is 10.1 Å². The molecular weight excluding hydrogens is 250 g/mol. The maximum Gasteiger partial charge on any atom is 0.146 e. The molecule has 0 amide bonds. The summed E-state index contributed by atoms with van der Waals surface area (Å²) in [4.78, 5) is 3.69. The number of benzene rings is 1. The summed E-state index contributed by atoms with van der Waals surface area (Å²) in [5.41, 5.74) is 0.596. The molecule has 0 aliphatic rings. The van der Waals surface area contributed by atoms with Gasteiger partial charge in [0.1, 0.15) is 17.4 Å². The molecule has 0 radical (unpaired) electrons. The van der Waals surface area contributed by atoms with Crippen molar-refractivity contribution in [2.75, 3.05) is 14.2 Å². The van der Waals surface area contributed by atoms with E-state index in [1.165, 1.54) is 25.4 Å². The molecular formula is C14H14F2N2O. The van der Waals surface area contributed by atoms with Crippen LogP contribution >= 0.6 is 0 Å². The van der Waals surface area contributed by atoms with Crippen molar-refractivity contribution in [1.29, 1.82) is 0 Å². The maximum atomic E-state index is 14.0. The van der Waals surface area contributed by atoms with Crippen LogP contribution in [0, 0.1) is 11.6 Å². The first-order valence-corrected chi connectivity index (χ1v) is 5.78. The lowest BCUT2D eigenvalue weighted by Gasteiger charge is -2.20. The molecule has 2 aromatic rings. The molecule has 0 bridgehead atoms. The SMILES string of the molecule is CNC(c1ccncc1F)c1c(F)cccc1OC. The third-order valence-electron chi connectivity index (χ3n) is 2.92. The quantitative estimate of drug-likeness (QED) is 0.922. The van der Waals surface area contributed by atoms with Crippen LogP contribution in [0.3, 0.4) is 0 Å². The fourth-order valence-electron chi connectivity index (χ4n) is 2.05. The molecule has 0 saturated carbocycles. The average Bonchev–Trinajstić information content (AvgIpc) is 2.43. The topological polar surface area (TPSA) is 34.2 Å². The number of hydrogen-bond donors (Lipinski definition) is 1. The second-order valence-electron chi connectivity index (χ2n) is 3.97. The van der Waals surface area contributed by atoms with Crippen molar-refractivity contribution < 1.29 is 13.5 Å². The van der Waals surface area contributed by atoms with Crippen LogP contribution in [0.5, 0.6) is 5.75 Å². The van der Waals surface area contributed by atoms with Gasteiger partial charge in [0.2, 0.25) is 0 Å². The second kappa shape index (κ2) is 5.75. The van der Waals surface area contributed by atoms with Crippen LogP contribution in [0.4, 0.5) is 8.78 Å². The second-order valence-corrected chi connectivity index (χ2v) is 3.97. The van der Waals surface area contributed by atoms with E-state index in [1.54, 1.807) is 19.2 Å². The number of methoxy groups -OCH3 is 1. The first-order valence-electron chi connectivity index (χ1n) is 5.78. The van der Waals surface area contributed by atoms with Gasteiger partial charge < -0.3 is 10.1 Å². The Morgan fingerprint density at radius 1 is 1.21 bits per heavy atom. The third-order valence-corrected chi connectivity index (χ3v) is 2.92. The van der Waals surface area contributed by atoms with Crippen molar-refractivity contribution in [3.8, 4) is 5.75 Å². The number of aromatic nitrogens is 1. The highest BCUT2D eigenvalue weighted by Gasteiger charge is 2.23. The molecule has 0 saturated heterocycles. The van der Waals surface area contributed by atoms with E-state index in [4.69, 9.17) is 4.74 Å². The van der Waals surface area contributed by atoms with Crippen LogP contribution in [-0.2, 0) is 0 Å². The Labute approximate surface area is 110 Å². The van der Waals surface area contributed by atoms with Gasteiger partial charge in [-0.2, -0.15) is 0 Å². The molecule has 0 spiro atoms. The number of hydrogen-bond acceptors (Lipinski definition) is 3. The van der Waals surface area contributed by atoms with Gasteiger partial charge in [0.25, 0.3) is 0 Å². The summed E-state index contributed by atoms with van der Waals surface area (Å²) in [6.45, 7) is 0. The number of pyridine rings is 1. The lowest BCUT2D eigenvalue weighted by Crippen LogP contribution is -2.21. The van der Waals surface area contributed by atoms with Gasteiger partial charge in [-0.15, -0.1) is 0 Å². The highest BCUT2D eigenvalue weighted by atomic mass is 19.1. The fraction of sp³-hybridized carbons (Fsp3) is 0.214. The molecule has 100 valence electrons. The smallest absolute Gasteiger partial charge is 0.146 e. The van der Waals surface area contributed by atoms with E-state index in [-0.39, 0.29) is 5.56 Å². The molecule has 1 aromatic heterocycles. The average molecular weight is 264 g/mol. The zero-order valence-corrected chi connectivity index (χ0v) is 10.7. The van der Waals surface area contributed by atoms with E-state index in [1.807, 2.05) is 0 Å². The molecule has 1 N–H and O–H groups in total. The minimum Gasteiger partial charge on any atom is -0.496 e. The largest absolute Gasteiger partial charge is 0.496 e. The van der Waals surface area contributed by atoms with E-state index in [0.29, 0.717) is 11.3 Å². The Balaban J connectivity index is 2.58. The summed E-state index contributed by atoms with van der Waals surface area (Å²) in [6, 6.07) is 5.39. The number of nitrogens with zero attached hydrogens (tertiary/aromatic N) is 1. The molecule has 5 heteroatoms. The summed E-state index contributed by atoms with van der Waals surface area (Å²) in [7, 11) is 3.09. The van der Waals surface area contributed by atoms with E-state index >= 15 is 0 Å². The van der Waals surface area contributed by atoms with Crippen LogP contribution in [0.15, 0.2) is 36.7 Å². The zero-order valence-electron chi connectivity index (χ0n) is 10.7. The molecule has 19 heavy (non-hydrogen) atoms. The summed E-state index contributed by atoms with van der Waals surface area (Å²) in [5.74, 6) is -0.572. The Bertz CT molecular complexity index is 575. The van der Waals surface area contributed by atoms with Gasteiger partial charge >= 0.3 is 0 Å². The van der Waals surface area contributed by atoms with E-state index in [9.17, 15) is 8.78 Å². The molecule has 1 atom stereocenters. The Kier molecular flexibility index (Phi) is 4.06. The van der Waals surface area contributed by atoms with Gasteiger partial charge in [0.15, 0.2) is 0 Å². The van der Waals surface area contributed by atoms with Gasteiger partial charge in [-0.1, -0.05) is 6.07 Å². The van der Waals surface area contributed by atoms with E-state index in [2.05, 4.69) is 10.3 Å². The Hall–Kier alpha value is -2.01. The molecule has 1 heterocycles. The first-order chi connectivity index (χ1) is 9.19. The summed E-state index contributed by atoms with van der Waals surface area (Å²) in [5, 5.41) is 2.90. The van der Waals surface area contributed by atoms with Gasteiger partial charge in [0, 0.05) is 11.8 Å². The number of rotatable bonds is 4. The Morgan fingerprint density at radius 3 is 2.63 bits per heavy atom. The standard InChI is InChI=1S/C14H14F2N2O/c1-17-14(9-6-7-18-8-11(9)16)13-10(15)4-3-5-12(13)19-2/h3-8,14,17H,1-2H3. The van der Waals surface area contributed by atoms with E-state index < -0.39 is 17.7 Å². The molecule has 2 rings (SSSR count). The first kappa shape index (κ1) is 13.4. The van der Waals surface area contributed by atoms with Gasteiger partial charge in [-0.25, -0.2) is 8.78 Å². The number of ether oxygens (including phenoxy) is 1. The summed E-state index contributed by atoms with van der Waals surface area (Å²) >= 11 is 0. The van der Waals surface area contributed by atoms with Crippen molar-refractivity contribution >= 4 is 0 Å². The molecule has 0 aliphatic carbocycles. The van der Waals surface area contributed by atoms with Crippen molar-refractivity contribution in [3.63, 3.8) is 0 Å².